The molecule has 0 unspecified atom stereocenters. The number of benzene rings is 1. The van der Waals surface area contributed by atoms with Crippen molar-refractivity contribution in [1.29, 1.82) is 0 Å². The van der Waals surface area contributed by atoms with Gasteiger partial charge < -0.3 is 4.74 Å². The van der Waals surface area contributed by atoms with Crippen LogP contribution in [-0.2, 0) is 0 Å². The van der Waals surface area contributed by atoms with E-state index < -0.39 is 0 Å². The van der Waals surface area contributed by atoms with Crippen LogP contribution in [0, 0.1) is 12.0 Å². The number of hydrogen-bond acceptors (Lipinski definition) is 1. The normalized spacial score (nSPS) is 10.6. The van der Waals surface area contributed by atoms with Crippen LogP contribution in [0.25, 0.3) is 0 Å². The van der Waals surface area contributed by atoms with Gasteiger partial charge in [0.05, 0.1) is 6.61 Å². The highest BCUT2D eigenvalue weighted by molar-refractivity contribution is 5.20. The van der Waals surface area contributed by atoms with Crippen LogP contribution in [0.2, 0.25) is 0 Å². The standard InChI is InChI=1S/C14H21O/c1-3-13(4-2)9-8-12-15-14-10-6-5-7-11-14/h6-7,10-11,13H,3-4,8-9,12H2,1-2H3. The van der Waals surface area contributed by atoms with E-state index in [0.717, 1.165) is 24.7 Å². The lowest BCUT2D eigenvalue weighted by atomic mass is 9.98. The van der Waals surface area contributed by atoms with Crippen LogP contribution >= 0.6 is 0 Å². The zero-order valence-corrected chi connectivity index (χ0v) is 9.83. The minimum Gasteiger partial charge on any atom is -0.494 e. The van der Waals surface area contributed by atoms with Gasteiger partial charge in [-0.05, 0) is 37.0 Å². The number of hydrogen-bond donors (Lipinski definition) is 0. The molecular weight excluding hydrogens is 184 g/mol. The highest BCUT2D eigenvalue weighted by atomic mass is 16.5. The molecule has 1 aromatic rings. The molecule has 83 valence electrons. The Morgan fingerprint density at radius 2 is 1.87 bits per heavy atom. The Labute approximate surface area is 93.5 Å². The lowest BCUT2D eigenvalue weighted by Gasteiger charge is -2.12. The van der Waals surface area contributed by atoms with Crippen molar-refractivity contribution in [3.63, 3.8) is 0 Å². The molecule has 0 saturated heterocycles. The molecule has 0 aliphatic heterocycles. The van der Waals surface area contributed by atoms with Gasteiger partial charge in [-0.25, -0.2) is 0 Å². The van der Waals surface area contributed by atoms with Crippen molar-refractivity contribution in [2.75, 3.05) is 6.61 Å². The van der Waals surface area contributed by atoms with Crippen molar-refractivity contribution in [2.24, 2.45) is 5.92 Å². The first-order chi connectivity index (χ1) is 7.36. The van der Waals surface area contributed by atoms with Gasteiger partial charge in [0.25, 0.3) is 0 Å². The fraction of sp³-hybridized carbons (Fsp3) is 0.571. The van der Waals surface area contributed by atoms with Crippen molar-refractivity contribution in [3.8, 4) is 5.75 Å². The van der Waals surface area contributed by atoms with Crippen molar-refractivity contribution in [2.45, 2.75) is 39.5 Å². The molecule has 1 aromatic carbocycles. The number of rotatable bonds is 7. The lowest BCUT2D eigenvalue weighted by molar-refractivity contribution is 0.288. The van der Waals surface area contributed by atoms with Gasteiger partial charge in [0, 0.05) is 0 Å². The molecule has 1 nitrogen and oxygen atoms in total. The first-order valence-corrected chi connectivity index (χ1v) is 5.95. The zero-order valence-electron chi connectivity index (χ0n) is 9.83. The molecule has 0 bridgehead atoms. The second-order valence-corrected chi connectivity index (χ2v) is 3.91. The summed E-state index contributed by atoms with van der Waals surface area (Å²) in [4.78, 5) is 0. The van der Waals surface area contributed by atoms with Gasteiger partial charge in [0.1, 0.15) is 5.75 Å². The minimum atomic E-state index is 0.834. The van der Waals surface area contributed by atoms with Crippen LogP contribution in [0.1, 0.15) is 39.5 Å². The Morgan fingerprint density at radius 3 is 2.47 bits per heavy atom. The fourth-order valence-corrected chi connectivity index (χ4v) is 1.73. The monoisotopic (exact) mass is 205 g/mol. The highest BCUT2D eigenvalue weighted by Gasteiger charge is 2.02. The molecule has 0 saturated carbocycles. The topological polar surface area (TPSA) is 9.23 Å². The summed E-state index contributed by atoms with van der Waals surface area (Å²) in [6.45, 7) is 5.37. The fourth-order valence-electron chi connectivity index (χ4n) is 1.73. The van der Waals surface area contributed by atoms with Gasteiger partial charge in [-0.1, -0.05) is 38.8 Å². The van der Waals surface area contributed by atoms with E-state index in [-0.39, 0.29) is 0 Å². The summed E-state index contributed by atoms with van der Waals surface area (Å²) in [6, 6.07) is 10.7. The number of ether oxygens (including phenoxy) is 1. The van der Waals surface area contributed by atoms with Crippen molar-refractivity contribution >= 4 is 0 Å². The largest absolute Gasteiger partial charge is 0.494 e. The van der Waals surface area contributed by atoms with Gasteiger partial charge in [-0.15, -0.1) is 0 Å². The van der Waals surface area contributed by atoms with E-state index in [0.29, 0.717) is 0 Å². The third kappa shape index (κ3) is 4.87. The van der Waals surface area contributed by atoms with Gasteiger partial charge in [0.2, 0.25) is 0 Å². The van der Waals surface area contributed by atoms with E-state index in [1.54, 1.807) is 0 Å². The maximum Gasteiger partial charge on any atom is 0.119 e. The second-order valence-electron chi connectivity index (χ2n) is 3.91. The Hall–Kier alpha value is -0.980. The molecular formula is C14H21O. The molecule has 0 aliphatic carbocycles. The average Bonchev–Trinajstić information content (AvgIpc) is 2.31. The van der Waals surface area contributed by atoms with E-state index in [9.17, 15) is 0 Å². The quantitative estimate of drug-likeness (QED) is 0.609. The molecule has 0 heterocycles. The molecule has 1 heteroatoms. The molecule has 0 spiro atoms. The Kier molecular flexibility index (Phi) is 5.91. The molecule has 1 rings (SSSR count). The summed E-state index contributed by atoms with van der Waals surface area (Å²) in [6.07, 6.45) is 5.02. The maximum atomic E-state index is 5.63. The molecule has 0 N–H and O–H groups in total. The zero-order chi connectivity index (χ0) is 10.9. The van der Waals surface area contributed by atoms with Crippen LogP contribution in [0.15, 0.2) is 24.3 Å². The Morgan fingerprint density at radius 1 is 1.20 bits per heavy atom. The lowest BCUT2D eigenvalue weighted by Crippen LogP contribution is -2.02. The highest BCUT2D eigenvalue weighted by Crippen LogP contribution is 2.15. The maximum absolute atomic E-state index is 5.63. The molecule has 1 radical (unpaired) electrons. The Balaban J connectivity index is 2.12. The predicted molar refractivity (Wildman–Crippen MR) is 64.1 cm³/mol. The van der Waals surface area contributed by atoms with Crippen molar-refractivity contribution in [1.82, 2.24) is 0 Å². The van der Waals surface area contributed by atoms with E-state index >= 15 is 0 Å². The Bertz CT molecular complexity index is 239. The van der Waals surface area contributed by atoms with E-state index in [1.807, 2.05) is 24.3 Å². The van der Waals surface area contributed by atoms with E-state index in [2.05, 4.69) is 19.9 Å². The van der Waals surface area contributed by atoms with Crippen LogP contribution in [0.4, 0.5) is 0 Å². The summed E-state index contributed by atoms with van der Waals surface area (Å²) in [5.74, 6) is 1.83. The summed E-state index contributed by atoms with van der Waals surface area (Å²) in [5, 5.41) is 0. The summed E-state index contributed by atoms with van der Waals surface area (Å²) >= 11 is 0. The summed E-state index contributed by atoms with van der Waals surface area (Å²) in [7, 11) is 0. The third-order valence-electron chi connectivity index (χ3n) is 2.87. The third-order valence-corrected chi connectivity index (χ3v) is 2.87. The predicted octanol–water partition coefficient (Wildman–Crippen LogP) is 4.08. The molecule has 0 atom stereocenters. The first-order valence-electron chi connectivity index (χ1n) is 5.95. The van der Waals surface area contributed by atoms with Crippen LogP contribution < -0.4 is 4.74 Å². The average molecular weight is 205 g/mol. The van der Waals surface area contributed by atoms with Crippen LogP contribution in [0.3, 0.4) is 0 Å². The van der Waals surface area contributed by atoms with Crippen LogP contribution in [0.5, 0.6) is 5.75 Å². The van der Waals surface area contributed by atoms with E-state index in [1.165, 1.54) is 19.3 Å². The smallest absolute Gasteiger partial charge is 0.119 e. The van der Waals surface area contributed by atoms with Crippen molar-refractivity contribution < 1.29 is 4.74 Å². The van der Waals surface area contributed by atoms with Gasteiger partial charge in [-0.2, -0.15) is 0 Å². The molecule has 0 fully saturated rings. The van der Waals surface area contributed by atoms with Gasteiger partial charge in [-0.3, -0.25) is 0 Å². The summed E-state index contributed by atoms with van der Waals surface area (Å²) in [5.41, 5.74) is 0. The molecule has 0 aliphatic rings. The molecule has 0 amide bonds. The van der Waals surface area contributed by atoms with Crippen LogP contribution in [-0.4, -0.2) is 6.61 Å². The first kappa shape index (κ1) is 12.1. The van der Waals surface area contributed by atoms with Gasteiger partial charge >= 0.3 is 0 Å². The van der Waals surface area contributed by atoms with Gasteiger partial charge in [0.15, 0.2) is 0 Å². The molecule has 15 heavy (non-hydrogen) atoms. The minimum absolute atomic E-state index is 0.834. The molecule has 0 aromatic heterocycles. The summed E-state index contributed by atoms with van der Waals surface area (Å²) < 4.78 is 5.63. The SMILES string of the molecule is CCC(CC)CCCOc1cc[c]cc1. The second kappa shape index (κ2) is 7.33. The van der Waals surface area contributed by atoms with Crippen molar-refractivity contribution in [3.05, 3.63) is 30.3 Å². The van der Waals surface area contributed by atoms with E-state index in [4.69, 9.17) is 4.74 Å².